The fourth-order valence-corrected chi connectivity index (χ4v) is 3.80. The van der Waals surface area contributed by atoms with Gasteiger partial charge in [-0.25, -0.2) is 8.78 Å². The van der Waals surface area contributed by atoms with Crippen LogP contribution in [0.25, 0.3) is 0 Å². The molecule has 0 amide bonds. The molecule has 2 aromatic carbocycles. The standard InChI is InChI=1S/C14H13F2O2P/c1-2-18-19(17,13-7-3-11(15)4-8-13)14-9-5-12(16)6-10-14/h3-10H,2H2,1H3. The van der Waals surface area contributed by atoms with Gasteiger partial charge in [0.25, 0.3) is 7.37 Å². The molecule has 0 N–H and O–H groups in total. The molecule has 2 rings (SSSR count). The van der Waals surface area contributed by atoms with Crippen LogP contribution in [-0.4, -0.2) is 6.61 Å². The molecule has 0 saturated carbocycles. The van der Waals surface area contributed by atoms with E-state index in [0.717, 1.165) is 0 Å². The van der Waals surface area contributed by atoms with Crippen molar-refractivity contribution in [2.24, 2.45) is 0 Å². The summed E-state index contributed by atoms with van der Waals surface area (Å²) in [6.45, 7) is 1.96. The van der Waals surface area contributed by atoms with E-state index >= 15 is 0 Å². The van der Waals surface area contributed by atoms with E-state index in [1.165, 1.54) is 48.5 Å². The Bertz CT molecular complexity index is 544. The zero-order valence-electron chi connectivity index (χ0n) is 10.3. The fourth-order valence-electron chi connectivity index (χ4n) is 1.75. The second-order valence-electron chi connectivity index (χ2n) is 3.92. The Kier molecular flexibility index (Phi) is 4.13. The van der Waals surface area contributed by atoms with Gasteiger partial charge in [0.1, 0.15) is 11.6 Å². The summed E-state index contributed by atoms with van der Waals surface area (Å²) < 4.78 is 44.2. The van der Waals surface area contributed by atoms with Gasteiger partial charge in [-0.15, -0.1) is 0 Å². The quantitative estimate of drug-likeness (QED) is 0.805. The SMILES string of the molecule is CCOP(=O)(c1ccc(F)cc1)c1ccc(F)cc1. The highest BCUT2D eigenvalue weighted by atomic mass is 31.2. The zero-order valence-corrected chi connectivity index (χ0v) is 11.2. The highest BCUT2D eigenvalue weighted by Gasteiger charge is 2.28. The lowest BCUT2D eigenvalue weighted by Crippen LogP contribution is -2.18. The third kappa shape index (κ3) is 2.91. The molecule has 0 radical (unpaired) electrons. The first-order chi connectivity index (χ1) is 9.06. The van der Waals surface area contributed by atoms with Crippen LogP contribution in [0, 0.1) is 11.6 Å². The van der Waals surface area contributed by atoms with Crippen LogP contribution in [0.3, 0.4) is 0 Å². The Morgan fingerprint density at radius 3 is 1.58 bits per heavy atom. The largest absolute Gasteiger partial charge is 0.322 e. The minimum absolute atomic E-state index is 0.242. The molecule has 0 atom stereocenters. The summed E-state index contributed by atoms with van der Waals surface area (Å²) in [6, 6.07) is 10.6. The maximum absolute atomic E-state index is 13.0. The summed E-state index contributed by atoms with van der Waals surface area (Å²) in [5.74, 6) is -0.822. The first-order valence-electron chi connectivity index (χ1n) is 5.83. The number of hydrogen-bond donors (Lipinski definition) is 0. The van der Waals surface area contributed by atoms with Gasteiger partial charge in [-0.05, 0) is 55.5 Å². The molecule has 19 heavy (non-hydrogen) atoms. The average molecular weight is 282 g/mol. The summed E-state index contributed by atoms with van der Waals surface area (Å²) in [6.07, 6.45) is 0. The number of halogens is 2. The van der Waals surface area contributed by atoms with E-state index in [0.29, 0.717) is 10.6 Å². The Morgan fingerprint density at radius 2 is 1.26 bits per heavy atom. The van der Waals surface area contributed by atoms with E-state index in [-0.39, 0.29) is 6.61 Å². The first-order valence-corrected chi connectivity index (χ1v) is 7.45. The highest BCUT2D eigenvalue weighted by Crippen LogP contribution is 2.44. The minimum atomic E-state index is -3.30. The molecule has 2 aromatic rings. The predicted octanol–water partition coefficient (Wildman–Crippen LogP) is 3.23. The summed E-state index contributed by atoms with van der Waals surface area (Å²) in [5.41, 5.74) is 0. The molecule has 5 heteroatoms. The van der Waals surface area contributed by atoms with Crippen molar-refractivity contribution in [2.75, 3.05) is 6.61 Å². The van der Waals surface area contributed by atoms with Crippen LogP contribution in [0.1, 0.15) is 6.92 Å². The molecule has 0 fully saturated rings. The third-order valence-corrected chi connectivity index (χ3v) is 5.22. The molecular formula is C14H13F2O2P. The van der Waals surface area contributed by atoms with Gasteiger partial charge >= 0.3 is 0 Å². The number of hydrogen-bond acceptors (Lipinski definition) is 2. The number of rotatable bonds is 4. The molecule has 0 aromatic heterocycles. The maximum Gasteiger partial charge on any atom is 0.261 e. The Labute approximate surface area is 110 Å². The van der Waals surface area contributed by atoms with Crippen molar-refractivity contribution < 1.29 is 17.9 Å². The van der Waals surface area contributed by atoms with Gasteiger partial charge in [-0.3, -0.25) is 4.57 Å². The van der Waals surface area contributed by atoms with Crippen LogP contribution in [0.4, 0.5) is 8.78 Å². The van der Waals surface area contributed by atoms with Gasteiger partial charge in [0.05, 0.1) is 6.61 Å². The summed E-state index contributed by atoms with van der Waals surface area (Å²) >= 11 is 0. The van der Waals surface area contributed by atoms with E-state index in [1.807, 2.05) is 0 Å². The first kappa shape index (κ1) is 13.9. The topological polar surface area (TPSA) is 26.3 Å². The van der Waals surface area contributed by atoms with Gasteiger partial charge < -0.3 is 4.52 Å². The van der Waals surface area contributed by atoms with Crippen molar-refractivity contribution >= 4 is 18.0 Å². The second kappa shape index (κ2) is 5.64. The Morgan fingerprint density at radius 1 is 0.895 bits per heavy atom. The van der Waals surface area contributed by atoms with Crippen LogP contribution < -0.4 is 10.6 Å². The molecular weight excluding hydrogens is 269 g/mol. The van der Waals surface area contributed by atoms with Gasteiger partial charge in [-0.1, -0.05) is 0 Å². The van der Waals surface area contributed by atoms with Crippen molar-refractivity contribution in [3.8, 4) is 0 Å². The van der Waals surface area contributed by atoms with Crippen molar-refractivity contribution in [2.45, 2.75) is 6.92 Å². The summed E-state index contributed by atoms with van der Waals surface area (Å²) in [7, 11) is -3.30. The third-order valence-electron chi connectivity index (χ3n) is 2.64. The predicted molar refractivity (Wildman–Crippen MR) is 71.3 cm³/mol. The summed E-state index contributed by atoms with van der Waals surface area (Å²) in [4.78, 5) is 0. The lowest BCUT2D eigenvalue weighted by Gasteiger charge is -2.18. The van der Waals surface area contributed by atoms with Crippen LogP contribution in [-0.2, 0) is 9.09 Å². The smallest absolute Gasteiger partial charge is 0.261 e. The van der Waals surface area contributed by atoms with Crippen molar-refractivity contribution in [1.82, 2.24) is 0 Å². The van der Waals surface area contributed by atoms with Gasteiger partial charge in [-0.2, -0.15) is 0 Å². The molecule has 0 unspecified atom stereocenters. The molecule has 0 aliphatic rings. The average Bonchev–Trinajstić information content (AvgIpc) is 2.40. The monoisotopic (exact) mass is 282 g/mol. The number of benzene rings is 2. The lowest BCUT2D eigenvalue weighted by atomic mass is 10.3. The summed E-state index contributed by atoms with van der Waals surface area (Å²) in [5, 5.41) is 0.782. The highest BCUT2D eigenvalue weighted by molar-refractivity contribution is 7.74. The van der Waals surface area contributed by atoms with Crippen molar-refractivity contribution in [3.05, 3.63) is 60.2 Å². The maximum atomic E-state index is 13.0. The van der Waals surface area contributed by atoms with Crippen LogP contribution >= 0.6 is 7.37 Å². The Balaban J connectivity index is 2.51. The van der Waals surface area contributed by atoms with Gasteiger partial charge in [0, 0.05) is 10.6 Å². The minimum Gasteiger partial charge on any atom is -0.322 e. The van der Waals surface area contributed by atoms with Gasteiger partial charge in [0.2, 0.25) is 0 Å². The molecule has 0 aliphatic heterocycles. The van der Waals surface area contributed by atoms with E-state index in [2.05, 4.69) is 0 Å². The van der Waals surface area contributed by atoms with Crippen LogP contribution in [0.5, 0.6) is 0 Å². The molecule has 0 bridgehead atoms. The second-order valence-corrected chi connectivity index (χ2v) is 6.32. The molecule has 100 valence electrons. The lowest BCUT2D eigenvalue weighted by molar-refractivity contribution is 0.348. The van der Waals surface area contributed by atoms with E-state index in [4.69, 9.17) is 4.52 Å². The van der Waals surface area contributed by atoms with Gasteiger partial charge in [0.15, 0.2) is 0 Å². The molecule has 2 nitrogen and oxygen atoms in total. The van der Waals surface area contributed by atoms with Crippen LogP contribution in [0.15, 0.2) is 48.5 Å². The van der Waals surface area contributed by atoms with E-state index in [1.54, 1.807) is 6.92 Å². The van der Waals surface area contributed by atoms with Crippen molar-refractivity contribution in [3.63, 3.8) is 0 Å². The van der Waals surface area contributed by atoms with Crippen molar-refractivity contribution in [1.29, 1.82) is 0 Å². The Hall–Kier alpha value is -1.51. The molecule has 0 spiro atoms. The normalized spacial score (nSPS) is 11.5. The van der Waals surface area contributed by atoms with Crippen LogP contribution in [0.2, 0.25) is 0 Å². The van der Waals surface area contributed by atoms with E-state index < -0.39 is 19.0 Å². The fraction of sp³-hybridized carbons (Fsp3) is 0.143. The zero-order chi connectivity index (χ0) is 13.9. The molecule has 0 saturated heterocycles. The molecule has 0 heterocycles. The molecule has 0 aliphatic carbocycles. The van der Waals surface area contributed by atoms with E-state index in [9.17, 15) is 13.3 Å².